The Morgan fingerprint density at radius 3 is 1.61 bits per heavy atom. The van der Waals surface area contributed by atoms with Crippen molar-refractivity contribution in [3.63, 3.8) is 0 Å². The van der Waals surface area contributed by atoms with Gasteiger partial charge in [-0.05, 0) is 41.5 Å². The maximum atomic E-state index is 11.3. The first-order chi connectivity index (χ1) is 7.86. The second-order valence-corrected chi connectivity index (χ2v) is 8.53. The fourth-order valence-corrected chi connectivity index (χ4v) is 2.56. The van der Waals surface area contributed by atoms with Gasteiger partial charge in [0.2, 0.25) is 0 Å². The molecule has 0 atom stereocenters. The lowest BCUT2D eigenvalue weighted by Crippen LogP contribution is -2.66. The van der Waals surface area contributed by atoms with E-state index in [2.05, 4.69) is 67.3 Å². The number of alkyl halides is 1. The number of hydrogen-bond donors (Lipinski definition) is 0. The van der Waals surface area contributed by atoms with Crippen LogP contribution in [0, 0.1) is 10.1 Å². The summed E-state index contributed by atoms with van der Waals surface area (Å²) >= 11 is 3.34. The molecule has 0 aromatic rings. The number of hydrogen-bond acceptors (Lipinski definition) is 4. The van der Waals surface area contributed by atoms with Crippen molar-refractivity contribution >= 4 is 15.9 Å². The molecule has 0 aromatic carbocycles. The first-order valence-electron chi connectivity index (χ1n) is 6.20. The van der Waals surface area contributed by atoms with E-state index in [1.54, 1.807) is 0 Å². The smallest absolute Gasteiger partial charge is 0.278 e. The van der Waals surface area contributed by atoms with Crippen LogP contribution in [0.25, 0.3) is 0 Å². The van der Waals surface area contributed by atoms with Crippen LogP contribution in [0.5, 0.6) is 0 Å². The molecule has 0 saturated carbocycles. The van der Waals surface area contributed by atoms with Gasteiger partial charge in [-0.25, -0.2) is 0 Å². The van der Waals surface area contributed by atoms with Gasteiger partial charge in [-0.3, -0.25) is 19.9 Å². The van der Waals surface area contributed by atoms with Gasteiger partial charge in [-0.1, -0.05) is 0 Å². The van der Waals surface area contributed by atoms with E-state index in [-0.39, 0.29) is 16.0 Å². The highest BCUT2D eigenvalue weighted by Crippen LogP contribution is 2.33. The van der Waals surface area contributed by atoms with Crippen molar-refractivity contribution in [3.05, 3.63) is 10.1 Å². The van der Waals surface area contributed by atoms with Gasteiger partial charge in [0.05, 0.1) is 19.8 Å². The van der Waals surface area contributed by atoms with Crippen molar-refractivity contribution in [1.82, 2.24) is 9.80 Å². The Labute approximate surface area is 118 Å². The van der Waals surface area contributed by atoms with Crippen molar-refractivity contribution in [2.75, 3.05) is 19.8 Å². The summed E-state index contributed by atoms with van der Waals surface area (Å²) in [6, 6.07) is 0. The summed E-state index contributed by atoms with van der Waals surface area (Å²) in [4.78, 5) is 15.4. The zero-order chi connectivity index (χ0) is 14.4. The second kappa shape index (κ2) is 4.72. The van der Waals surface area contributed by atoms with E-state index < -0.39 is 4.45 Å². The third-order valence-electron chi connectivity index (χ3n) is 3.43. The lowest BCUT2D eigenvalue weighted by atomic mass is 9.99. The van der Waals surface area contributed by atoms with Crippen LogP contribution in [-0.4, -0.2) is 50.0 Å². The Morgan fingerprint density at radius 2 is 1.39 bits per heavy atom. The number of halogens is 1. The van der Waals surface area contributed by atoms with Gasteiger partial charge in [-0.15, -0.1) is 0 Å². The van der Waals surface area contributed by atoms with E-state index >= 15 is 0 Å². The van der Waals surface area contributed by atoms with Crippen LogP contribution >= 0.6 is 15.9 Å². The second-order valence-electron chi connectivity index (χ2n) is 7.05. The molecule has 0 spiro atoms. The molecule has 6 heteroatoms. The minimum absolute atomic E-state index is 0.0844. The Morgan fingerprint density at radius 1 is 1.06 bits per heavy atom. The largest absolute Gasteiger partial charge is 0.299 e. The lowest BCUT2D eigenvalue weighted by Gasteiger charge is -2.50. The van der Waals surface area contributed by atoms with Crippen molar-refractivity contribution < 1.29 is 4.92 Å². The zero-order valence-electron chi connectivity index (χ0n) is 12.2. The third-order valence-corrected chi connectivity index (χ3v) is 4.22. The molecule has 1 aliphatic heterocycles. The number of rotatable bonds is 1. The molecule has 0 bridgehead atoms. The Balaban J connectivity index is 3.04. The van der Waals surface area contributed by atoms with E-state index in [0.29, 0.717) is 13.1 Å². The van der Waals surface area contributed by atoms with E-state index in [1.807, 2.05) is 0 Å². The highest BCUT2D eigenvalue weighted by molar-refractivity contribution is 9.10. The SMILES string of the molecule is CC(C)(C)N1CN(C(C)(C)C)CC(Br)([N+](=O)[O-])C1. The molecule has 1 heterocycles. The summed E-state index contributed by atoms with van der Waals surface area (Å²) in [6.07, 6.45) is 0. The van der Waals surface area contributed by atoms with Crippen molar-refractivity contribution in [3.8, 4) is 0 Å². The molecule has 0 amide bonds. The van der Waals surface area contributed by atoms with Crippen molar-refractivity contribution in [2.24, 2.45) is 0 Å². The van der Waals surface area contributed by atoms with Gasteiger partial charge in [0.15, 0.2) is 0 Å². The molecule has 1 fully saturated rings. The van der Waals surface area contributed by atoms with Gasteiger partial charge in [0.25, 0.3) is 4.45 Å². The highest BCUT2D eigenvalue weighted by Gasteiger charge is 2.51. The summed E-state index contributed by atoms with van der Waals surface area (Å²) in [6.45, 7) is 14.2. The molecule has 1 saturated heterocycles. The summed E-state index contributed by atoms with van der Waals surface area (Å²) in [7, 11) is 0. The van der Waals surface area contributed by atoms with E-state index in [4.69, 9.17) is 0 Å². The zero-order valence-corrected chi connectivity index (χ0v) is 13.7. The van der Waals surface area contributed by atoms with Crippen LogP contribution in [0.15, 0.2) is 0 Å². The topological polar surface area (TPSA) is 49.6 Å². The average molecular weight is 322 g/mol. The maximum Gasteiger partial charge on any atom is 0.299 e. The van der Waals surface area contributed by atoms with Crippen LogP contribution in [0.2, 0.25) is 0 Å². The molecule has 106 valence electrons. The van der Waals surface area contributed by atoms with Crippen LogP contribution in [0.1, 0.15) is 41.5 Å². The van der Waals surface area contributed by atoms with Gasteiger partial charge in [0.1, 0.15) is 0 Å². The molecule has 0 aromatic heterocycles. The van der Waals surface area contributed by atoms with Gasteiger partial charge in [-0.2, -0.15) is 0 Å². The fraction of sp³-hybridized carbons (Fsp3) is 1.00. The van der Waals surface area contributed by atoms with E-state index in [0.717, 1.165) is 6.67 Å². The molecule has 0 N–H and O–H groups in total. The Kier molecular flexibility index (Phi) is 4.16. The summed E-state index contributed by atoms with van der Waals surface area (Å²) in [5.74, 6) is 0. The predicted octanol–water partition coefficient (Wildman–Crippen LogP) is 2.53. The average Bonchev–Trinajstić information content (AvgIpc) is 2.13. The predicted molar refractivity (Wildman–Crippen MR) is 76.4 cm³/mol. The summed E-state index contributed by atoms with van der Waals surface area (Å²) in [5, 5.41) is 11.3. The first kappa shape index (κ1) is 15.9. The lowest BCUT2D eigenvalue weighted by molar-refractivity contribution is -0.542. The molecule has 0 aliphatic carbocycles. The van der Waals surface area contributed by atoms with Crippen LogP contribution in [0.3, 0.4) is 0 Å². The molecule has 1 aliphatic rings. The minimum Gasteiger partial charge on any atom is -0.278 e. The normalized spacial score (nSPS) is 23.1. The van der Waals surface area contributed by atoms with Gasteiger partial charge >= 0.3 is 0 Å². The molecule has 0 unspecified atom stereocenters. The van der Waals surface area contributed by atoms with Crippen LogP contribution in [0.4, 0.5) is 0 Å². The van der Waals surface area contributed by atoms with Gasteiger partial charge in [0, 0.05) is 31.9 Å². The van der Waals surface area contributed by atoms with E-state index in [9.17, 15) is 10.1 Å². The molecule has 18 heavy (non-hydrogen) atoms. The van der Waals surface area contributed by atoms with Crippen molar-refractivity contribution in [2.45, 2.75) is 57.1 Å². The molecule has 1 rings (SSSR count). The summed E-state index contributed by atoms with van der Waals surface area (Å²) < 4.78 is -1.08. The molecular weight excluding hydrogens is 298 g/mol. The summed E-state index contributed by atoms with van der Waals surface area (Å²) in [5.41, 5.74) is -0.169. The highest BCUT2D eigenvalue weighted by atomic mass is 79.9. The molecular formula is C12H24BrN3O2. The fourth-order valence-electron chi connectivity index (χ4n) is 1.96. The Hall–Kier alpha value is -0.200. The standard InChI is InChI=1S/C12H24BrN3O2/c1-10(2,3)14-7-12(13,16(17)18)8-15(9-14)11(4,5)6/h7-9H2,1-6H3. The van der Waals surface area contributed by atoms with Crippen LogP contribution < -0.4 is 0 Å². The minimum atomic E-state index is -1.08. The first-order valence-corrected chi connectivity index (χ1v) is 6.99. The Bertz CT molecular complexity index is 311. The van der Waals surface area contributed by atoms with E-state index in [1.165, 1.54) is 0 Å². The number of nitrogens with zero attached hydrogens (tertiary/aromatic N) is 3. The van der Waals surface area contributed by atoms with Gasteiger partial charge < -0.3 is 0 Å². The van der Waals surface area contributed by atoms with Crippen LogP contribution in [-0.2, 0) is 0 Å². The maximum absolute atomic E-state index is 11.3. The monoisotopic (exact) mass is 321 g/mol. The third kappa shape index (κ3) is 3.42. The number of nitro groups is 1. The van der Waals surface area contributed by atoms with Crippen molar-refractivity contribution in [1.29, 1.82) is 0 Å². The molecule has 5 nitrogen and oxygen atoms in total. The molecule has 0 radical (unpaired) electrons. The quantitative estimate of drug-likeness (QED) is 0.322.